The minimum Gasteiger partial charge on any atom is -0.465 e. The first-order valence-electron chi connectivity index (χ1n) is 8.11. The highest BCUT2D eigenvalue weighted by Crippen LogP contribution is 2.64. The number of benzene rings is 1. The standard InChI is InChI=1S/C18H19ClO4/c1-22-17(21)18(19)15-12-8-7-11(9-12)13(15)14(16(20)23-18)10-5-3-2-4-6-10/h2-6,11-15H,7-9H2,1H3. The van der Waals surface area contributed by atoms with Crippen LogP contribution < -0.4 is 0 Å². The third-order valence-electron chi connectivity index (χ3n) is 5.92. The molecule has 1 aromatic rings. The maximum atomic E-state index is 12.7. The highest BCUT2D eigenvalue weighted by Gasteiger charge is 2.67. The lowest BCUT2D eigenvalue weighted by atomic mass is 9.66. The molecule has 1 aliphatic heterocycles. The minimum absolute atomic E-state index is 0.0500. The van der Waals surface area contributed by atoms with Crippen LogP contribution in [-0.4, -0.2) is 24.1 Å². The summed E-state index contributed by atoms with van der Waals surface area (Å²) in [6, 6.07) is 9.68. The van der Waals surface area contributed by atoms with Crippen LogP contribution in [-0.2, 0) is 19.1 Å². The number of hydrogen-bond acceptors (Lipinski definition) is 4. The van der Waals surface area contributed by atoms with Crippen molar-refractivity contribution in [2.45, 2.75) is 30.2 Å². The summed E-state index contributed by atoms with van der Waals surface area (Å²) in [5.74, 6) is -0.779. The van der Waals surface area contributed by atoms with Gasteiger partial charge in [-0.25, -0.2) is 4.79 Å². The second-order valence-corrected chi connectivity index (χ2v) is 7.44. The highest BCUT2D eigenvalue weighted by molar-refractivity contribution is 6.34. The molecule has 6 atom stereocenters. The van der Waals surface area contributed by atoms with Gasteiger partial charge in [-0.1, -0.05) is 41.9 Å². The lowest BCUT2D eigenvalue weighted by Crippen LogP contribution is -2.57. The molecule has 3 aliphatic rings. The van der Waals surface area contributed by atoms with Crippen molar-refractivity contribution in [1.82, 2.24) is 0 Å². The number of rotatable bonds is 2. The van der Waals surface area contributed by atoms with Gasteiger partial charge in [-0.15, -0.1) is 0 Å². The molecule has 2 aliphatic carbocycles. The first-order valence-corrected chi connectivity index (χ1v) is 8.49. The quantitative estimate of drug-likeness (QED) is 0.616. The molecule has 1 heterocycles. The largest absolute Gasteiger partial charge is 0.465 e. The van der Waals surface area contributed by atoms with E-state index in [0.717, 1.165) is 24.8 Å². The van der Waals surface area contributed by atoms with Crippen molar-refractivity contribution in [3.05, 3.63) is 35.9 Å². The van der Waals surface area contributed by atoms with Gasteiger partial charge in [0.15, 0.2) is 0 Å². The Hall–Kier alpha value is -1.55. The van der Waals surface area contributed by atoms with Crippen LogP contribution in [0.5, 0.6) is 0 Å². The zero-order valence-electron chi connectivity index (χ0n) is 12.9. The molecule has 2 bridgehead atoms. The predicted molar refractivity (Wildman–Crippen MR) is 83.7 cm³/mol. The fraction of sp³-hybridized carbons (Fsp3) is 0.556. The molecular formula is C18H19ClO4. The number of alkyl halides is 1. The molecular weight excluding hydrogens is 316 g/mol. The summed E-state index contributed by atoms with van der Waals surface area (Å²) in [4.78, 5) is 25.0. The zero-order chi connectivity index (χ0) is 16.2. The summed E-state index contributed by atoms with van der Waals surface area (Å²) < 4.78 is 10.4. The monoisotopic (exact) mass is 334 g/mol. The van der Waals surface area contributed by atoms with Gasteiger partial charge in [-0.05, 0) is 42.6 Å². The number of methoxy groups -OCH3 is 1. The molecule has 1 aromatic carbocycles. The van der Waals surface area contributed by atoms with E-state index in [2.05, 4.69) is 0 Å². The second-order valence-electron chi connectivity index (χ2n) is 6.88. The third kappa shape index (κ3) is 2.04. The van der Waals surface area contributed by atoms with Crippen molar-refractivity contribution in [2.75, 3.05) is 7.11 Å². The maximum absolute atomic E-state index is 12.7. The van der Waals surface area contributed by atoms with Crippen molar-refractivity contribution in [3.63, 3.8) is 0 Å². The van der Waals surface area contributed by atoms with Gasteiger partial charge in [0.2, 0.25) is 0 Å². The zero-order valence-corrected chi connectivity index (χ0v) is 13.7. The molecule has 6 unspecified atom stereocenters. The molecule has 3 fully saturated rings. The summed E-state index contributed by atoms with van der Waals surface area (Å²) in [7, 11) is 1.28. The second kappa shape index (κ2) is 5.23. The molecule has 0 spiro atoms. The van der Waals surface area contributed by atoms with Crippen molar-refractivity contribution in [1.29, 1.82) is 0 Å². The van der Waals surface area contributed by atoms with E-state index >= 15 is 0 Å². The Balaban J connectivity index is 1.79. The van der Waals surface area contributed by atoms with E-state index in [4.69, 9.17) is 21.1 Å². The Labute approximate surface area is 140 Å². The van der Waals surface area contributed by atoms with Crippen LogP contribution in [0.25, 0.3) is 0 Å². The van der Waals surface area contributed by atoms with Gasteiger partial charge in [0, 0.05) is 5.92 Å². The van der Waals surface area contributed by atoms with Gasteiger partial charge in [-0.2, -0.15) is 0 Å². The number of carbonyl (C=O) groups excluding carboxylic acids is 2. The van der Waals surface area contributed by atoms with Crippen LogP contribution >= 0.6 is 11.6 Å². The Morgan fingerprint density at radius 2 is 1.96 bits per heavy atom. The number of halogens is 1. The third-order valence-corrected chi connectivity index (χ3v) is 6.40. The Bertz CT molecular complexity index is 646. The number of esters is 2. The average molecular weight is 335 g/mol. The molecule has 5 heteroatoms. The molecule has 2 saturated carbocycles. The summed E-state index contributed by atoms with van der Waals surface area (Å²) in [5.41, 5.74) is 0.948. The van der Waals surface area contributed by atoms with Crippen molar-refractivity contribution in [3.8, 4) is 0 Å². The molecule has 23 heavy (non-hydrogen) atoms. The Morgan fingerprint density at radius 3 is 2.65 bits per heavy atom. The summed E-state index contributed by atoms with van der Waals surface area (Å²) in [6.07, 6.45) is 3.15. The molecule has 4 nitrogen and oxygen atoms in total. The van der Waals surface area contributed by atoms with Gasteiger partial charge >= 0.3 is 11.9 Å². The van der Waals surface area contributed by atoms with Crippen LogP contribution in [0.2, 0.25) is 0 Å². The van der Waals surface area contributed by atoms with Crippen molar-refractivity contribution < 1.29 is 19.1 Å². The minimum atomic E-state index is -1.67. The number of carbonyl (C=O) groups is 2. The van der Waals surface area contributed by atoms with Gasteiger partial charge < -0.3 is 9.47 Å². The first kappa shape index (κ1) is 15.0. The fourth-order valence-electron chi connectivity index (χ4n) is 5.14. The first-order chi connectivity index (χ1) is 11.1. The van der Waals surface area contributed by atoms with E-state index in [1.807, 2.05) is 30.3 Å². The van der Waals surface area contributed by atoms with E-state index in [-0.39, 0.29) is 17.8 Å². The van der Waals surface area contributed by atoms with E-state index < -0.39 is 17.0 Å². The van der Waals surface area contributed by atoms with Crippen LogP contribution in [0, 0.1) is 23.7 Å². The summed E-state index contributed by atoms with van der Waals surface area (Å²) in [5, 5.41) is -1.67. The predicted octanol–water partition coefficient (Wildman–Crippen LogP) is 3.10. The number of cyclic esters (lactones) is 1. The topological polar surface area (TPSA) is 52.6 Å². The molecule has 0 aromatic heterocycles. The molecule has 0 amide bonds. The summed E-state index contributed by atoms with van der Waals surface area (Å²) in [6.45, 7) is 0. The molecule has 1 saturated heterocycles. The highest BCUT2D eigenvalue weighted by atomic mass is 35.5. The van der Waals surface area contributed by atoms with E-state index in [9.17, 15) is 9.59 Å². The van der Waals surface area contributed by atoms with E-state index in [1.165, 1.54) is 7.11 Å². The number of ether oxygens (including phenoxy) is 2. The lowest BCUT2D eigenvalue weighted by molar-refractivity contribution is -0.192. The molecule has 0 N–H and O–H groups in total. The SMILES string of the molecule is COC(=O)C1(Cl)OC(=O)C(c2ccccc2)C2C3CCC(C3)C21. The van der Waals surface area contributed by atoms with Crippen LogP contribution in [0.15, 0.2) is 30.3 Å². The fourth-order valence-corrected chi connectivity index (χ4v) is 5.61. The van der Waals surface area contributed by atoms with Crippen LogP contribution in [0.4, 0.5) is 0 Å². The molecule has 122 valence electrons. The van der Waals surface area contributed by atoms with E-state index in [1.54, 1.807) is 0 Å². The molecule has 4 rings (SSSR count). The lowest BCUT2D eigenvalue weighted by Gasteiger charge is -2.47. The van der Waals surface area contributed by atoms with Gasteiger partial charge in [0.1, 0.15) is 0 Å². The van der Waals surface area contributed by atoms with Gasteiger partial charge in [0.05, 0.1) is 13.0 Å². The van der Waals surface area contributed by atoms with Crippen LogP contribution in [0.1, 0.15) is 30.7 Å². The number of hydrogen-bond donors (Lipinski definition) is 0. The normalized spacial score (nSPS) is 41.3. The van der Waals surface area contributed by atoms with Crippen LogP contribution in [0.3, 0.4) is 0 Å². The average Bonchev–Trinajstić information content (AvgIpc) is 3.17. The molecule has 0 radical (unpaired) electrons. The smallest absolute Gasteiger partial charge is 0.366 e. The van der Waals surface area contributed by atoms with E-state index in [0.29, 0.717) is 11.8 Å². The Kier molecular flexibility index (Phi) is 3.41. The van der Waals surface area contributed by atoms with Gasteiger partial charge in [0.25, 0.3) is 5.06 Å². The Morgan fingerprint density at radius 1 is 1.26 bits per heavy atom. The van der Waals surface area contributed by atoms with Crippen molar-refractivity contribution >= 4 is 23.5 Å². The maximum Gasteiger partial charge on any atom is 0.366 e. The number of fused-ring (bicyclic) bond motifs is 5. The van der Waals surface area contributed by atoms with Gasteiger partial charge in [-0.3, -0.25) is 4.79 Å². The van der Waals surface area contributed by atoms with Crippen molar-refractivity contribution in [2.24, 2.45) is 23.7 Å². The summed E-state index contributed by atoms with van der Waals surface area (Å²) >= 11 is 6.55.